The van der Waals surface area contributed by atoms with Crippen molar-refractivity contribution in [3.05, 3.63) is 53.6 Å². The van der Waals surface area contributed by atoms with Crippen LogP contribution in [0.5, 0.6) is 11.5 Å². The lowest BCUT2D eigenvalue weighted by molar-refractivity contribution is 0.251. The molecule has 0 saturated carbocycles. The van der Waals surface area contributed by atoms with Crippen molar-refractivity contribution in [1.82, 2.24) is 4.90 Å². The van der Waals surface area contributed by atoms with E-state index in [1.54, 1.807) is 13.3 Å². The van der Waals surface area contributed by atoms with Crippen molar-refractivity contribution in [2.45, 2.75) is 32.7 Å². The summed E-state index contributed by atoms with van der Waals surface area (Å²) in [5, 5.41) is 10.4. The number of likely N-dealkylation sites (tertiary alicyclic amines) is 1. The Labute approximate surface area is 174 Å². The number of benzene rings is 2. The average Bonchev–Trinajstić information content (AvgIpc) is 3.28. The molecule has 1 saturated heterocycles. The second-order valence-electron chi connectivity index (χ2n) is 7.45. The van der Waals surface area contributed by atoms with Gasteiger partial charge in [0, 0.05) is 36.6 Å². The number of methoxy groups -OCH3 is 1. The van der Waals surface area contributed by atoms with E-state index in [1.807, 2.05) is 30.3 Å². The summed E-state index contributed by atoms with van der Waals surface area (Å²) in [6, 6.07) is 14.3. The number of nitrogens with zero attached hydrogens (tertiary/aromatic N) is 3. The zero-order valence-corrected chi connectivity index (χ0v) is 17.8. The van der Waals surface area contributed by atoms with Crippen LogP contribution in [0, 0.1) is 0 Å². The number of rotatable bonds is 9. The normalized spacial score (nSPS) is 15.7. The lowest BCUT2D eigenvalue weighted by Crippen LogP contribution is -2.27. The minimum Gasteiger partial charge on any atom is -0.507 e. The highest BCUT2D eigenvalue weighted by Crippen LogP contribution is 2.28. The van der Waals surface area contributed by atoms with E-state index in [9.17, 15) is 5.11 Å². The minimum atomic E-state index is 0.223. The predicted octanol–water partition coefficient (Wildman–Crippen LogP) is 4.50. The van der Waals surface area contributed by atoms with Gasteiger partial charge in [0.2, 0.25) is 0 Å². The first-order valence-corrected chi connectivity index (χ1v) is 10.6. The molecule has 1 aliphatic heterocycles. The topological polar surface area (TPSA) is 48.3 Å². The summed E-state index contributed by atoms with van der Waals surface area (Å²) in [6.07, 6.45) is 4.26. The van der Waals surface area contributed by atoms with Crippen LogP contribution < -0.4 is 9.64 Å². The van der Waals surface area contributed by atoms with Crippen molar-refractivity contribution >= 4 is 11.9 Å². The van der Waals surface area contributed by atoms with Crippen LogP contribution in [0.2, 0.25) is 0 Å². The molecule has 29 heavy (non-hydrogen) atoms. The van der Waals surface area contributed by atoms with Gasteiger partial charge in [0.1, 0.15) is 11.5 Å². The summed E-state index contributed by atoms with van der Waals surface area (Å²) in [4.78, 5) is 9.42. The van der Waals surface area contributed by atoms with Crippen molar-refractivity contribution in [2.24, 2.45) is 4.99 Å². The lowest BCUT2D eigenvalue weighted by atomic mass is 10.1. The van der Waals surface area contributed by atoms with E-state index < -0.39 is 0 Å². The molecule has 1 N–H and O–H groups in total. The molecule has 0 aliphatic carbocycles. The molecule has 0 unspecified atom stereocenters. The van der Waals surface area contributed by atoms with Crippen molar-refractivity contribution in [1.29, 1.82) is 0 Å². The van der Waals surface area contributed by atoms with E-state index in [2.05, 4.69) is 35.8 Å². The number of aliphatic imine (C=N–C) groups is 1. The predicted molar refractivity (Wildman–Crippen MR) is 121 cm³/mol. The Balaban J connectivity index is 1.76. The summed E-state index contributed by atoms with van der Waals surface area (Å²) < 4.78 is 5.41. The van der Waals surface area contributed by atoms with Crippen LogP contribution in [0.1, 0.15) is 43.9 Å². The van der Waals surface area contributed by atoms with Gasteiger partial charge in [-0.2, -0.15) is 0 Å². The number of phenolic OH excluding ortho intramolecular Hbond substituents is 1. The Morgan fingerprint density at radius 3 is 2.55 bits per heavy atom. The largest absolute Gasteiger partial charge is 0.507 e. The van der Waals surface area contributed by atoms with Crippen LogP contribution in [-0.2, 0) is 0 Å². The van der Waals surface area contributed by atoms with Gasteiger partial charge in [0.05, 0.1) is 19.7 Å². The number of hydrogen-bond acceptors (Lipinski definition) is 5. The van der Waals surface area contributed by atoms with E-state index >= 15 is 0 Å². The number of ether oxygens (including phenoxy) is 1. The van der Waals surface area contributed by atoms with Crippen LogP contribution in [0.3, 0.4) is 0 Å². The molecule has 1 aliphatic rings. The number of hydrogen-bond donors (Lipinski definition) is 1. The van der Waals surface area contributed by atoms with Crippen molar-refractivity contribution in [3.63, 3.8) is 0 Å². The Morgan fingerprint density at radius 1 is 1.14 bits per heavy atom. The maximum absolute atomic E-state index is 10.4. The summed E-state index contributed by atoms with van der Waals surface area (Å²) in [7, 11) is 1.70. The van der Waals surface area contributed by atoms with Gasteiger partial charge in [-0.1, -0.05) is 12.1 Å². The molecule has 5 nitrogen and oxygen atoms in total. The summed E-state index contributed by atoms with van der Waals surface area (Å²) >= 11 is 0. The molecule has 5 heteroatoms. The van der Waals surface area contributed by atoms with Gasteiger partial charge in [-0.3, -0.25) is 9.89 Å². The van der Waals surface area contributed by atoms with E-state index in [1.165, 1.54) is 18.4 Å². The smallest absolute Gasteiger partial charge is 0.126 e. The zero-order chi connectivity index (χ0) is 20.6. The standard InChI is InChI=1S/C24H33N3O2/c1-4-26(5-2)21-12-11-20(24(28)16-21)17-25-18-23(27-13-6-7-14-27)19-9-8-10-22(15-19)29-3/h8-12,15-17,23,28H,4-7,13-14,18H2,1-3H3/t23-/m1/s1. The maximum atomic E-state index is 10.4. The van der Waals surface area contributed by atoms with Crippen LogP contribution in [0.25, 0.3) is 0 Å². The molecule has 156 valence electrons. The van der Waals surface area contributed by atoms with Crippen LogP contribution in [-0.4, -0.2) is 56.1 Å². The second kappa shape index (κ2) is 10.3. The van der Waals surface area contributed by atoms with Gasteiger partial charge in [-0.15, -0.1) is 0 Å². The highest BCUT2D eigenvalue weighted by atomic mass is 16.5. The van der Waals surface area contributed by atoms with E-state index in [-0.39, 0.29) is 11.8 Å². The summed E-state index contributed by atoms with van der Waals surface area (Å²) in [5.74, 6) is 1.15. The SMILES string of the molecule is CCN(CC)c1ccc(C=NC[C@H](c2cccc(OC)c2)N2CCCC2)c(O)c1. The Hall–Kier alpha value is -2.53. The highest BCUT2D eigenvalue weighted by Gasteiger charge is 2.23. The maximum Gasteiger partial charge on any atom is 0.126 e. The van der Waals surface area contributed by atoms with Gasteiger partial charge in [-0.25, -0.2) is 0 Å². The number of phenols is 1. The molecule has 2 aromatic rings. The molecule has 1 heterocycles. The molecule has 0 aromatic heterocycles. The van der Waals surface area contributed by atoms with Crippen molar-refractivity contribution < 1.29 is 9.84 Å². The van der Waals surface area contributed by atoms with Gasteiger partial charge in [0.25, 0.3) is 0 Å². The first-order valence-electron chi connectivity index (χ1n) is 10.6. The first kappa shape index (κ1) is 21.2. The highest BCUT2D eigenvalue weighted by molar-refractivity contribution is 5.84. The molecule has 0 bridgehead atoms. The number of anilines is 1. The average molecular weight is 396 g/mol. The fourth-order valence-electron chi connectivity index (χ4n) is 4.01. The molecule has 0 spiro atoms. The third-order valence-electron chi connectivity index (χ3n) is 5.71. The van der Waals surface area contributed by atoms with E-state index in [0.29, 0.717) is 6.54 Å². The fourth-order valence-corrected chi connectivity index (χ4v) is 4.01. The quantitative estimate of drug-likeness (QED) is 0.635. The summed E-state index contributed by atoms with van der Waals surface area (Å²) in [6.45, 7) is 8.93. The minimum absolute atomic E-state index is 0.223. The first-order chi connectivity index (χ1) is 14.2. The fraction of sp³-hybridized carbons (Fsp3) is 0.458. The lowest BCUT2D eigenvalue weighted by Gasteiger charge is -2.26. The van der Waals surface area contributed by atoms with Crippen LogP contribution >= 0.6 is 0 Å². The zero-order valence-electron chi connectivity index (χ0n) is 17.8. The third-order valence-corrected chi connectivity index (χ3v) is 5.71. The van der Waals surface area contributed by atoms with Crippen LogP contribution in [0.4, 0.5) is 5.69 Å². The van der Waals surface area contributed by atoms with Gasteiger partial charge < -0.3 is 14.7 Å². The summed E-state index contributed by atoms with van der Waals surface area (Å²) in [5.41, 5.74) is 3.02. The molecular formula is C24H33N3O2. The molecule has 0 amide bonds. The molecule has 1 atom stereocenters. The van der Waals surface area contributed by atoms with E-state index in [4.69, 9.17) is 9.73 Å². The molecule has 2 aromatic carbocycles. The van der Waals surface area contributed by atoms with Crippen LogP contribution in [0.15, 0.2) is 47.5 Å². The Morgan fingerprint density at radius 2 is 1.90 bits per heavy atom. The molecule has 3 rings (SSSR count). The van der Waals surface area contributed by atoms with Crippen molar-refractivity contribution in [3.8, 4) is 11.5 Å². The molecule has 1 fully saturated rings. The van der Waals surface area contributed by atoms with Crippen molar-refractivity contribution in [2.75, 3.05) is 44.7 Å². The van der Waals surface area contributed by atoms with Gasteiger partial charge in [-0.05, 0) is 69.6 Å². The third kappa shape index (κ3) is 5.30. The molecular weight excluding hydrogens is 362 g/mol. The number of aromatic hydroxyl groups is 1. The van der Waals surface area contributed by atoms with Gasteiger partial charge in [0.15, 0.2) is 0 Å². The molecule has 0 radical (unpaired) electrons. The Bertz CT molecular complexity index is 812. The van der Waals surface area contributed by atoms with Gasteiger partial charge >= 0.3 is 0 Å². The second-order valence-corrected chi connectivity index (χ2v) is 7.45. The van der Waals surface area contributed by atoms with E-state index in [0.717, 1.165) is 43.2 Å². The Kier molecular flexibility index (Phi) is 7.53. The monoisotopic (exact) mass is 395 g/mol.